The zero-order valence-corrected chi connectivity index (χ0v) is 8.55. The molecule has 0 bridgehead atoms. The molecule has 0 fully saturated rings. The van der Waals surface area contributed by atoms with Gasteiger partial charge >= 0.3 is 0 Å². The fourth-order valence-electron chi connectivity index (χ4n) is 0.906. The predicted octanol–water partition coefficient (Wildman–Crippen LogP) is 2.88. The van der Waals surface area contributed by atoms with Gasteiger partial charge in [0.05, 0.1) is 24.2 Å². The molecule has 12 heavy (non-hydrogen) atoms. The van der Waals surface area contributed by atoms with Crippen LogP contribution in [0.2, 0.25) is 0 Å². The molecule has 0 aromatic heterocycles. The van der Waals surface area contributed by atoms with E-state index in [2.05, 4.69) is 26.8 Å². The minimum absolute atomic E-state index is 0.0858. The Balaban J connectivity index is 3.94. The van der Waals surface area contributed by atoms with Crippen LogP contribution >= 0.6 is 0 Å². The first-order chi connectivity index (χ1) is 5.55. The summed E-state index contributed by atoms with van der Waals surface area (Å²) in [6, 6.07) is 2.14. The second kappa shape index (κ2) is 5.16. The Bertz CT molecular complexity index is 158. The number of nitriles is 1. The van der Waals surface area contributed by atoms with Gasteiger partial charge < -0.3 is 4.74 Å². The fourth-order valence-corrected chi connectivity index (χ4v) is 0.906. The third-order valence-corrected chi connectivity index (χ3v) is 2.11. The maximum Gasteiger partial charge on any atom is 0.0709 e. The van der Waals surface area contributed by atoms with Crippen LogP contribution in [-0.4, -0.2) is 11.7 Å². The largest absolute Gasteiger partial charge is 0.371 e. The molecule has 70 valence electrons. The molecule has 0 aliphatic heterocycles. The van der Waals surface area contributed by atoms with E-state index in [0.29, 0.717) is 6.42 Å². The standard InChI is InChI=1S/C10H19NO/c1-5-9(7-8-11)12-10(3,4)6-2/h9H,5-7H2,1-4H3. The highest BCUT2D eigenvalue weighted by Crippen LogP contribution is 2.19. The lowest BCUT2D eigenvalue weighted by molar-refractivity contribution is -0.0723. The molecule has 1 atom stereocenters. The van der Waals surface area contributed by atoms with Crippen LogP contribution in [-0.2, 0) is 4.74 Å². The first kappa shape index (κ1) is 11.4. The topological polar surface area (TPSA) is 33.0 Å². The van der Waals surface area contributed by atoms with Crippen LogP contribution in [0.1, 0.15) is 47.0 Å². The summed E-state index contributed by atoms with van der Waals surface area (Å²) in [5.74, 6) is 0. The van der Waals surface area contributed by atoms with Crippen molar-refractivity contribution in [1.82, 2.24) is 0 Å². The van der Waals surface area contributed by atoms with E-state index in [1.165, 1.54) is 0 Å². The number of hydrogen-bond acceptors (Lipinski definition) is 2. The zero-order chi connectivity index (χ0) is 9.61. The van der Waals surface area contributed by atoms with Gasteiger partial charge in [0.2, 0.25) is 0 Å². The molecule has 2 heteroatoms. The highest BCUT2D eigenvalue weighted by atomic mass is 16.5. The molecule has 0 aromatic rings. The Labute approximate surface area is 75.5 Å². The summed E-state index contributed by atoms with van der Waals surface area (Å²) in [5.41, 5.74) is -0.0858. The lowest BCUT2D eigenvalue weighted by Gasteiger charge is -2.28. The summed E-state index contributed by atoms with van der Waals surface area (Å²) in [6.07, 6.45) is 2.50. The van der Waals surface area contributed by atoms with Gasteiger partial charge in [-0.1, -0.05) is 13.8 Å². The summed E-state index contributed by atoms with van der Waals surface area (Å²) in [7, 11) is 0. The molecule has 0 amide bonds. The zero-order valence-electron chi connectivity index (χ0n) is 8.55. The summed E-state index contributed by atoms with van der Waals surface area (Å²) in [5, 5.41) is 8.51. The Morgan fingerprint density at radius 2 is 2.00 bits per heavy atom. The fraction of sp³-hybridized carbons (Fsp3) is 0.900. The van der Waals surface area contributed by atoms with Gasteiger partial charge in [0.1, 0.15) is 0 Å². The van der Waals surface area contributed by atoms with Crippen molar-refractivity contribution in [3.8, 4) is 6.07 Å². The molecule has 0 aromatic carbocycles. The Morgan fingerprint density at radius 1 is 1.42 bits per heavy atom. The van der Waals surface area contributed by atoms with E-state index < -0.39 is 0 Å². The van der Waals surface area contributed by atoms with Crippen LogP contribution in [0.5, 0.6) is 0 Å². The highest BCUT2D eigenvalue weighted by molar-refractivity contribution is 4.78. The van der Waals surface area contributed by atoms with Crippen molar-refractivity contribution in [3.05, 3.63) is 0 Å². The van der Waals surface area contributed by atoms with Crippen molar-refractivity contribution in [3.63, 3.8) is 0 Å². The van der Waals surface area contributed by atoms with Gasteiger partial charge in [-0.3, -0.25) is 0 Å². The van der Waals surface area contributed by atoms with Gasteiger partial charge in [-0.2, -0.15) is 5.26 Å². The molecule has 0 spiro atoms. The van der Waals surface area contributed by atoms with Gasteiger partial charge in [0, 0.05) is 0 Å². The van der Waals surface area contributed by atoms with Crippen LogP contribution in [0.25, 0.3) is 0 Å². The van der Waals surface area contributed by atoms with E-state index in [-0.39, 0.29) is 11.7 Å². The number of nitrogens with zero attached hydrogens (tertiary/aromatic N) is 1. The molecule has 0 radical (unpaired) electrons. The second-order valence-electron chi connectivity index (χ2n) is 3.62. The maximum absolute atomic E-state index is 8.51. The first-order valence-corrected chi connectivity index (χ1v) is 4.60. The van der Waals surface area contributed by atoms with Gasteiger partial charge in [0.15, 0.2) is 0 Å². The monoisotopic (exact) mass is 169 g/mol. The van der Waals surface area contributed by atoms with Crippen molar-refractivity contribution < 1.29 is 4.74 Å². The Morgan fingerprint density at radius 3 is 2.33 bits per heavy atom. The van der Waals surface area contributed by atoms with E-state index in [9.17, 15) is 0 Å². The lowest BCUT2D eigenvalue weighted by Crippen LogP contribution is -2.29. The van der Waals surface area contributed by atoms with E-state index in [1.54, 1.807) is 0 Å². The molecule has 0 N–H and O–H groups in total. The molecule has 2 nitrogen and oxygen atoms in total. The van der Waals surface area contributed by atoms with Crippen LogP contribution in [0.15, 0.2) is 0 Å². The molecule has 1 unspecified atom stereocenters. The highest BCUT2D eigenvalue weighted by Gasteiger charge is 2.20. The third kappa shape index (κ3) is 4.35. The van der Waals surface area contributed by atoms with Gasteiger partial charge in [-0.25, -0.2) is 0 Å². The number of hydrogen-bond donors (Lipinski definition) is 0. The van der Waals surface area contributed by atoms with Crippen LogP contribution in [0.3, 0.4) is 0 Å². The normalized spacial score (nSPS) is 13.9. The van der Waals surface area contributed by atoms with Gasteiger partial charge in [-0.05, 0) is 26.7 Å². The van der Waals surface area contributed by atoms with E-state index in [1.807, 2.05) is 6.92 Å². The Kier molecular flexibility index (Phi) is 4.92. The summed E-state index contributed by atoms with van der Waals surface area (Å²) in [6.45, 7) is 8.27. The van der Waals surface area contributed by atoms with Crippen molar-refractivity contribution >= 4 is 0 Å². The SMILES string of the molecule is CCC(CC#N)OC(C)(C)CC. The van der Waals surface area contributed by atoms with Crippen molar-refractivity contribution in [2.75, 3.05) is 0 Å². The predicted molar refractivity (Wildman–Crippen MR) is 49.8 cm³/mol. The molecule has 0 saturated carbocycles. The second-order valence-corrected chi connectivity index (χ2v) is 3.62. The molecular formula is C10H19NO. The van der Waals surface area contributed by atoms with Crippen molar-refractivity contribution in [2.45, 2.75) is 58.7 Å². The minimum Gasteiger partial charge on any atom is -0.371 e. The average Bonchev–Trinajstić information content (AvgIpc) is 2.03. The average molecular weight is 169 g/mol. The van der Waals surface area contributed by atoms with E-state index in [4.69, 9.17) is 10.00 Å². The van der Waals surface area contributed by atoms with Crippen LogP contribution in [0.4, 0.5) is 0 Å². The lowest BCUT2D eigenvalue weighted by atomic mass is 10.1. The quantitative estimate of drug-likeness (QED) is 0.634. The molecule has 0 heterocycles. The number of ether oxygens (including phenoxy) is 1. The maximum atomic E-state index is 8.51. The molecule has 0 aliphatic rings. The molecule has 0 rings (SSSR count). The van der Waals surface area contributed by atoms with Gasteiger partial charge in [-0.15, -0.1) is 0 Å². The van der Waals surface area contributed by atoms with Crippen LogP contribution in [0, 0.1) is 11.3 Å². The first-order valence-electron chi connectivity index (χ1n) is 4.60. The van der Waals surface area contributed by atoms with E-state index in [0.717, 1.165) is 12.8 Å². The van der Waals surface area contributed by atoms with Crippen LogP contribution < -0.4 is 0 Å². The summed E-state index contributed by atoms with van der Waals surface area (Å²) >= 11 is 0. The summed E-state index contributed by atoms with van der Waals surface area (Å²) < 4.78 is 5.75. The van der Waals surface area contributed by atoms with Gasteiger partial charge in [0.25, 0.3) is 0 Å². The third-order valence-electron chi connectivity index (χ3n) is 2.11. The Hall–Kier alpha value is -0.550. The molecule has 0 aliphatic carbocycles. The molecular weight excluding hydrogens is 150 g/mol. The van der Waals surface area contributed by atoms with E-state index >= 15 is 0 Å². The van der Waals surface area contributed by atoms with Crippen molar-refractivity contribution in [1.29, 1.82) is 5.26 Å². The van der Waals surface area contributed by atoms with Crippen molar-refractivity contribution in [2.24, 2.45) is 0 Å². The number of rotatable bonds is 5. The smallest absolute Gasteiger partial charge is 0.0709 e. The molecule has 0 saturated heterocycles. The summed E-state index contributed by atoms with van der Waals surface area (Å²) in [4.78, 5) is 0. The minimum atomic E-state index is -0.0858.